The van der Waals surface area contributed by atoms with Crippen molar-refractivity contribution in [3.8, 4) is 11.4 Å². The maximum Gasteiger partial charge on any atom is 0.155 e. The van der Waals surface area contributed by atoms with Crippen LogP contribution in [0.25, 0.3) is 16.9 Å². The average Bonchev–Trinajstić information content (AvgIpc) is 2.70. The third kappa shape index (κ3) is 1.64. The van der Waals surface area contributed by atoms with E-state index in [2.05, 4.69) is 11.9 Å². The van der Waals surface area contributed by atoms with Gasteiger partial charge in [-0.25, -0.2) is 4.98 Å². The molecule has 0 saturated heterocycles. The highest BCUT2D eigenvalue weighted by Crippen LogP contribution is 2.28. The van der Waals surface area contributed by atoms with Crippen molar-refractivity contribution in [2.45, 2.75) is 6.92 Å². The second kappa shape index (κ2) is 4.03. The Kier molecular flexibility index (Phi) is 2.49. The van der Waals surface area contributed by atoms with Crippen LogP contribution in [0.15, 0.2) is 42.5 Å². The van der Waals surface area contributed by atoms with Crippen LogP contribution < -0.4 is 5.73 Å². The van der Waals surface area contributed by atoms with Crippen LogP contribution in [0, 0.1) is 6.92 Å². The van der Waals surface area contributed by atoms with E-state index < -0.39 is 0 Å². The van der Waals surface area contributed by atoms with Crippen molar-refractivity contribution in [3.63, 3.8) is 0 Å². The van der Waals surface area contributed by atoms with Gasteiger partial charge in [-0.1, -0.05) is 47.5 Å². The number of imidazole rings is 1. The van der Waals surface area contributed by atoms with Crippen molar-refractivity contribution in [2.24, 2.45) is 0 Å². The molecule has 0 saturated carbocycles. The summed E-state index contributed by atoms with van der Waals surface area (Å²) in [7, 11) is 0. The summed E-state index contributed by atoms with van der Waals surface area (Å²) in [6, 6.07) is 13.7. The Hall–Kier alpha value is -2.00. The predicted molar refractivity (Wildman–Crippen MR) is 74.8 cm³/mol. The van der Waals surface area contributed by atoms with Gasteiger partial charge in [0.2, 0.25) is 0 Å². The maximum absolute atomic E-state index is 6.14. The van der Waals surface area contributed by atoms with Crippen molar-refractivity contribution < 1.29 is 0 Å². The molecule has 90 valence electrons. The molecule has 0 fully saturated rings. The molecule has 0 amide bonds. The average molecular weight is 258 g/mol. The van der Waals surface area contributed by atoms with Gasteiger partial charge in [0.05, 0.1) is 5.52 Å². The lowest BCUT2D eigenvalue weighted by Gasteiger charge is -2.04. The van der Waals surface area contributed by atoms with Crippen molar-refractivity contribution in [2.75, 3.05) is 5.73 Å². The van der Waals surface area contributed by atoms with Crippen molar-refractivity contribution >= 4 is 22.9 Å². The summed E-state index contributed by atoms with van der Waals surface area (Å²) in [6.07, 6.45) is 0. The Balaban J connectivity index is 2.32. The molecule has 0 spiro atoms. The van der Waals surface area contributed by atoms with Gasteiger partial charge in [-0.15, -0.1) is 0 Å². The number of hydrogen-bond donors (Lipinski definition) is 1. The van der Waals surface area contributed by atoms with E-state index >= 15 is 0 Å². The standard InChI is InChI=1S/C14H12ClN3/c1-9-5-7-10(8-6-9)14-17-13(15)11-3-2-4-12(16)18(11)14/h2-8H,16H2,1H3. The van der Waals surface area contributed by atoms with E-state index in [0.717, 1.165) is 16.9 Å². The fourth-order valence-corrected chi connectivity index (χ4v) is 2.25. The number of pyridine rings is 1. The first-order valence-corrected chi connectivity index (χ1v) is 6.04. The minimum Gasteiger partial charge on any atom is -0.385 e. The van der Waals surface area contributed by atoms with Gasteiger partial charge >= 0.3 is 0 Å². The Bertz CT molecular complexity index is 714. The topological polar surface area (TPSA) is 43.3 Å². The van der Waals surface area contributed by atoms with Gasteiger partial charge in [0.25, 0.3) is 0 Å². The molecule has 4 heteroatoms. The number of benzene rings is 1. The summed E-state index contributed by atoms with van der Waals surface area (Å²) in [5.41, 5.74) is 9.04. The summed E-state index contributed by atoms with van der Waals surface area (Å²) in [5, 5.41) is 0.470. The molecule has 0 radical (unpaired) electrons. The second-order valence-corrected chi connectivity index (χ2v) is 4.62. The summed E-state index contributed by atoms with van der Waals surface area (Å²) < 4.78 is 1.87. The first kappa shape index (κ1) is 11.1. The number of nitrogens with two attached hydrogens (primary N) is 1. The number of fused-ring (bicyclic) bond motifs is 1. The Morgan fingerprint density at radius 3 is 2.56 bits per heavy atom. The highest BCUT2D eigenvalue weighted by Gasteiger charge is 2.12. The van der Waals surface area contributed by atoms with Gasteiger partial charge in [-0.2, -0.15) is 0 Å². The quantitative estimate of drug-likeness (QED) is 0.725. The summed E-state index contributed by atoms with van der Waals surface area (Å²) in [4.78, 5) is 4.40. The molecule has 2 N–H and O–H groups in total. The third-order valence-electron chi connectivity index (χ3n) is 2.96. The number of rotatable bonds is 1. The van der Waals surface area contributed by atoms with Gasteiger partial charge in [-0.05, 0) is 19.1 Å². The lowest BCUT2D eigenvalue weighted by Crippen LogP contribution is -1.97. The molecule has 1 aromatic carbocycles. The molecule has 18 heavy (non-hydrogen) atoms. The van der Waals surface area contributed by atoms with Crippen LogP contribution in [0.4, 0.5) is 5.82 Å². The van der Waals surface area contributed by atoms with E-state index in [-0.39, 0.29) is 0 Å². The zero-order chi connectivity index (χ0) is 12.7. The van der Waals surface area contributed by atoms with E-state index in [1.165, 1.54) is 5.56 Å². The molecule has 3 nitrogen and oxygen atoms in total. The maximum atomic E-state index is 6.14. The fourth-order valence-electron chi connectivity index (χ4n) is 2.02. The fraction of sp³-hybridized carbons (Fsp3) is 0.0714. The molecule has 2 heterocycles. The van der Waals surface area contributed by atoms with E-state index in [4.69, 9.17) is 17.3 Å². The van der Waals surface area contributed by atoms with Gasteiger partial charge in [0.15, 0.2) is 5.15 Å². The first-order chi connectivity index (χ1) is 8.66. The molecule has 0 bridgehead atoms. The zero-order valence-electron chi connectivity index (χ0n) is 9.89. The van der Waals surface area contributed by atoms with Crippen LogP contribution in [0.2, 0.25) is 5.15 Å². The van der Waals surface area contributed by atoms with Crippen LogP contribution in [0.1, 0.15) is 5.56 Å². The molecule has 0 unspecified atom stereocenters. The lowest BCUT2D eigenvalue weighted by atomic mass is 10.1. The van der Waals surface area contributed by atoms with Crippen LogP contribution in [0.5, 0.6) is 0 Å². The van der Waals surface area contributed by atoms with Gasteiger partial charge in [0, 0.05) is 5.56 Å². The monoisotopic (exact) mass is 257 g/mol. The van der Waals surface area contributed by atoms with Gasteiger partial charge < -0.3 is 5.73 Å². The number of hydrogen-bond acceptors (Lipinski definition) is 2. The Morgan fingerprint density at radius 1 is 1.11 bits per heavy atom. The van der Waals surface area contributed by atoms with Gasteiger partial charge in [-0.3, -0.25) is 4.40 Å². The van der Waals surface area contributed by atoms with Crippen molar-refractivity contribution in [1.82, 2.24) is 9.38 Å². The predicted octanol–water partition coefficient (Wildman–Crippen LogP) is 3.55. The number of nitrogen functional groups attached to an aromatic ring is 1. The lowest BCUT2D eigenvalue weighted by molar-refractivity contribution is 1.17. The van der Waals surface area contributed by atoms with E-state index in [9.17, 15) is 0 Å². The molecular weight excluding hydrogens is 246 g/mol. The minimum absolute atomic E-state index is 0.470. The third-order valence-corrected chi connectivity index (χ3v) is 3.24. The van der Waals surface area contributed by atoms with Crippen LogP contribution in [-0.2, 0) is 0 Å². The molecule has 3 rings (SSSR count). The summed E-state index contributed by atoms with van der Waals surface area (Å²) >= 11 is 6.14. The molecule has 0 aliphatic heterocycles. The highest BCUT2D eigenvalue weighted by atomic mass is 35.5. The molecular formula is C14H12ClN3. The zero-order valence-corrected chi connectivity index (χ0v) is 10.6. The molecule has 3 aromatic rings. The number of anilines is 1. The molecule has 0 aliphatic carbocycles. The van der Waals surface area contributed by atoms with Crippen LogP contribution >= 0.6 is 11.6 Å². The molecule has 0 aliphatic rings. The van der Waals surface area contributed by atoms with E-state index in [0.29, 0.717) is 11.0 Å². The number of halogens is 1. The van der Waals surface area contributed by atoms with E-state index in [1.54, 1.807) is 0 Å². The van der Waals surface area contributed by atoms with Gasteiger partial charge in [0.1, 0.15) is 11.6 Å². The summed E-state index contributed by atoms with van der Waals surface area (Å²) in [5.74, 6) is 1.40. The number of aryl methyl sites for hydroxylation is 1. The van der Waals surface area contributed by atoms with E-state index in [1.807, 2.05) is 46.9 Å². The Labute approximate surface area is 110 Å². The second-order valence-electron chi connectivity index (χ2n) is 4.26. The van der Waals surface area contributed by atoms with Crippen LogP contribution in [-0.4, -0.2) is 9.38 Å². The van der Waals surface area contributed by atoms with Crippen molar-refractivity contribution in [1.29, 1.82) is 0 Å². The largest absolute Gasteiger partial charge is 0.385 e. The van der Waals surface area contributed by atoms with Crippen molar-refractivity contribution in [3.05, 3.63) is 53.2 Å². The minimum atomic E-state index is 0.470. The SMILES string of the molecule is Cc1ccc(-c2nc(Cl)c3cccc(N)n23)cc1. The smallest absolute Gasteiger partial charge is 0.155 e. The molecule has 0 atom stereocenters. The number of nitrogens with zero attached hydrogens (tertiary/aromatic N) is 2. The van der Waals surface area contributed by atoms with Crippen LogP contribution in [0.3, 0.4) is 0 Å². The normalized spacial score (nSPS) is 11.0. The summed E-state index contributed by atoms with van der Waals surface area (Å²) in [6.45, 7) is 2.05. The first-order valence-electron chi connectivity index (χ1n) is 5.66. The Morgan fingerprint density at radius 2 is 1.83 bits per heavy atom. The molecule has 2 aromatic heterocycles. The number of aromatic nitrogens is 2. The highest BCUT2D eigenvalue weighted by molar-refractivity contribution is 6.33.